The maximum Gasteiger partial charge on any atom is 0.284 e. The van der Waals surface area contributed by atoms with Crippen molar-refractivity contribution in [2.75, 3.05) is 10.7 Å². The van der Waals surface area contributed by atoms with Crippen molar-refractivity contribution >= 4 is 23.4 Å². The second-order valence-electron chi connectivity index (χ2n) is 5.58. The number of benzene rings is 1. The van der Waals surface area contributed by atoms with Crippen LogP contribution in [0, 0.1) is 0 Å². The summed E-state index contributed by atoms with van der Waals surface area (Å²) in [6.07, 6.45) is 2.43. The molecule has 0 spiro atoms. The molecule has 1 aliphatic heterocycles. The van der Waals surface area contributed by atoms with Crippen molar-refractivity contribution in [3.8, 4) is 11.7 Å². The van der Waals surface area contributed by atoms with E-state index in [1.807, 2.05) is 23.1 Å². The molecule has 6 nitrogen and oxygen atoms in total. The summed E-state index contributed by atoms with van der Waals surface area (Å²) in [7, 11) is 0. The molecule has 1 amide bonds. The zero-order valence-corrected chi connectivity index (χ0v) is 13.8. The first kappa shape index (κ1) is 15.0. The summed E-state index contributed by atoms with van der Waals surface area (Å²) < 4.78 is 10.7. The van der Waals surface area contributed by atoms with Gasteiger partial charge in [-0.05, 0) is 37.1 Å². The number of furan rings is 1. The number of hydrogen-bond acceptors (Lipinski definition) is 6. The third-order valence-electron chi connectivity index (χ3n) is 3.93. The van der Waals surface area contributed by atoms with Crippen LogP contribution >= 0.6 is 11.8 Å². The molecule has 2 aromatic heterocycles. The van der Waals surface area contributed by atoms with Gasteiger partial charge in [-0.3, -0.25) is 4.79 Å². The van der Waals surface area contributed by atoms with Gasteiger partial charge in [-0.2, -0.15) is 0 Å². The van der Waals surface area contributed by atoms with Gasteiger partial charge in [0, 0.05) is 11.7 Å². The van der Waals surface area contributed by atoms with Crippen molar-refractivity contribution in [2.45, 2.75) is 24.6 Å². The van der Waals surface area contributed by atoms with E-state index in [0.29, 0.717) is 16.9 Å². The van der Waals surface area contributed by atoms with E-state index in [1.165, 1.54) is 17.3 Å². The fourth-order valence-corrected chi connectivity index (χ4v) is 3.53. The Hall–Kier alpha value is -2.54. The lowest BCUT2D eigenvalue weighted by atomic mass is 10.1. The molecule has 4 rings (SSSR count). The Kier molecular flexibility index (Phi) is 3.86. The number of carbonyl (C=O) groups excluding carboxylic acids is 1. The second-order valence-corrected chi connectivity index (χ2v) is 6.51. The van der Waals surface area contributed by atoms with Crippen molar-refractivity contribution in [1.82, 2.24) is 10.2 Å². The highest BCUT2D eigenvalue weighted by molar-refractivity contribution is 7.99. The molecule has 1 aromatic carbocycles. The molecule has 0 aliphatic carbocycles. The summed E-state index contributed by atoms with van der Waals surface area (Å²) in [6, 6.07) is 11.7. The first-order chi connectivity index (χ1) is 11.7. The van der Waals surface area contributed by atoms with E-state index in [-0.39, 0.29) is 17.7 Å². The Morgan fingerprint density at radius 1 is 1.29 bits per heavy atom. The molecule has 1 aliphatic rings. The fourth-order valence-electron chi connectivity index (χ4n) is 2.91. The Morgan fingerprint density at radius 3 is 3.00 bits per heavy atom. The molecule has 122 valence electrons. The monoisotopic (exact) mass is 341 g/mol. The number of thioether (sulfide) groups is 1. The van der Waals surface area contributed by atoms with Gasteiger partial charge in [0.1, 0.15) is 0 Å². The summed E-state index contributed by atoms with van der Waals surface area (Å²) in [5, 5.41) is 8.23. The number of nitrogens with zero attached hydrogens (tertiary/aromatic N) is 3. The average molecular weight is 341 g/mol. The average Bonchev–Trinajstić information content (AvgIpc) is 3.31. The summed E-state index contributed by atoms with van der Waals surface area (Å²) in [5.41, 5.74) is 2.21. The van der Waals surface area contributed by atoms with Crippen LogP contribution in [0.4, 0.5) is 5.69 Å². The summed E-state index contributed by atoms with van der Waals surface area (Å²) in [5.74, 6) is 1.12. The molecule has 0 N–H and O–H groups in total. The molecular formula is C17H15N3O3S. The highest BCUT2D eigenvalue weighted by Gasteiger charge is 2.30. The lowest BCUT2D eigenvalue weighted by molar-refractivity contribution is -0.116. The minimum absolute atomic E-state index is 0.0372. The normalized spacial score (nSPS) is 16.4. The minimum Gasteiger partial charge on any atom is -0.459 e. The zero-order valence-electron chi connectivity index (χ0n) is 13.0. The van der Waals surface area contributed by atoms with E-state index in [1.54, 1.807) is 18.4 Å². The topological polar surface area (TPSA) is 72.4 Å². The summed E-state index contributed by atoms with van der Waals surface area (Å²) in [6.45, 7) is 2.06. The van der Waals surface area contributed by atoms with E-state index in [2.05, 4.69) is 23.2 Å². The van der Waals surface area contributed by atoms with Crippen molar-refractivity contribution in [1.29, 1.82) is 0 Å². The number of amides is 1. The number of fused-ring (bicyclic) bond motifs is 1. The number of carbonyl (C=O) groups is 1. The van der Waals surface area contributed by atoms with E-state index in [0.717, 1.165) is 12.1 Å². The molecule has 0 fully saturated rings. The number of rotatable bonds is 4. The second kappa shape index (κ2) is 6.16. The Morgan fingerprint density at radius 2 is 2.17 bits per heavy atom. The summed E-state index contributed by atoms with van der Waals surface area (Å²) in [4.78, 5) is 14.5. The standard InChI is InChI=1S/C17H15N3O3S/c1-11-9-12-5-2-3-6-13(12)20(11)15(21)10-24-17-19-18-16(23-17)14-7-4-8-22-14/h2-8,11H,9-10H2,1H3. The minimum atomic E-state index is 0.0372. The predicted octanol–water partition coefficient (Wildman–Crippen LogP) is 3.40. The van der Waals surface area contributed by atoms with E-state index in [4.69, 9.17) is 8.83 Å². The van der Waals surface area contributed by atoms with Crippen LogP contribution in [0.3, 0.4) is 0 Å². The lowest BCUT2D eigenvalue weighted by Crippen LogP contribution is -2.36. The first-order valence-electron chi connectivity index (χ1n) is 7.62. The van der Waals surface area contributed by atoms with Crippen LogP contribution in [0.25, 0.3) is 11.7 Å². The third kappa shape index (κ3) is 2.71. The van der Waals surface area contributed by atoms with E-state index in [9.17, 15) is 4.79 Å². The Labute approximate surface area is 142 Å². The van der Waals surface area contributed by atoms with Gasteiger partial charge < -0.3 is 13.7 Å². The Bertz CT molecular complexity index is 860. The highest BCUT2D eigenvalue weighted by atomic mass is 32.2. The van der Waals surface area contributed by atoms with Crippen LogP contribution in [0.15, 0.2) is 56.7 Å². The number of hydrogen-bond donors (Lipinski definition) is 0. The van der Waals surface area contributed by atoms with E-state index < -0.39 is 0 Å². The smallest absolute Gasteiger partial charge is 0.284 e. The third-order valence-corrected chi connectivity index (χ3v) is 4.74. The van der Waals surface area contributed by atoms with Crippen LogP contribution in [-0.2, 0) is 11.2 Å². The van der Waals surface area contributed by atoms with Gasteiger partial charge in [0.05, 0.1) is 12.0 Å². The van der Waals surface area contributed by atoms with Gasteiger partial charge in [-0.15, -0.1) is 10.2 Å². The molecule has 24 heavy (non-hydrogen) atoms. The molecule has 0 saturated heterocycles. The van der Waals surface area contributed by atoms with Gasteiger partial charge >= 0.3 is 0 Å². The molecule has 3 heterocycles. The molecule has 7 heteroatoms. The first-order valence-corrected chi connectivity index (χ1v) is 8.61. The van der Waals surface area contributed by atoms with E-state index >= 15 is 0 Å². The molecule has 1 atom stereocenters. The van der Waals surface area contributed by atoms with Crippen molar-refractivity contribution < 1.29 is 13.6 Å². The van der Waals surface area contributed by atoms with Crippen molar-refractivity contribution in [2.24, 2.45) is 0 Å². The lowest BCUT2D eigenvalue weighted by Gasteiger charge is -2.22. The van der Waals surface area contributed by atoms with Gasteiger partial charge in [-0.1, -0.05) is 30.0 Å². The Balaban J connectivity index is 1.44. The van der Waals surface area contributed by atoms with Gasteiger partial charge in [0.2, 0.25) is 5.91 Å². The SMILES string of the molecule is CC1Cc2ccccc2N1C(=O)CSc1nnc(-c2ccco2)o1. The molecule has 1 unspecified atom stereocenters. The number of para-hydroxylation sites is 1. The molecular weight excluding hydrogens is 326 g/mol. The van der Waals surface area contributed by atoms with Crippen LogP contribution in [0.5, 0.6) is 0 Å². The zero-order chi connectivity index (χ0) is 16.5. The van der Waals surface area contributed by atoms with Gasteiger partial charge in [0.15, 0.2) is 5.76 Å². The molecule has 3 aromatic rings. The molecule has 0 saturated carbocycles. The molecule has 0 bridgehead atoms. The van der Waals surface area contributed by atoms with Crippen LogP contribution in [0.1, 0.15) is 12.5 Å². The van der Waals surface area contributed by atoms with Gasteiger partial charge in [0.25, 0.3) is 11.1 Å². The van der Waals surface area contributed by atoms with Crippen LogP contribution in [0.2, 0.25) is 0 Å². The summed E-state index contributed by atoms with van der Waals surface area (Å²) >= 11 is 1.24. The maximum absolute atomic E-state index is 12.6. The fraction of sp³-hybridized carbons (Fsp3) is 0.235. The van der Waals surface area contributed by atoms with Crippen molar-refractivity contribution in [3.05, 3.63) is 48.2 Å². The highest BCUT2D eigenvalue weighted by Crippen LogP contribution is 2.33. The maximum atomic E-state index is 12.6. The number of anilines is 1. The predicted molar refractivity (Wildman–Crippen MR) is 89.8 cm³/mol. The van der Waals surface area contributed by atoms with Crippen molar-refractivity contribution in [3.63, 3.8) is 0 Å². The molecule has 0 radical (unpaired) electrons. The van der Waals surface area contributed by atoms with Crippen LogP contribution in [-0.4, -0.2) is 27.9 Å². The van der Waals surface area contributed by atoms with Gasteiger partial charge in [-0.25, -0.2) is 0 Å². The number of aromatic nitrogens is 2. The largest absolute Gasteiger partial charge is 0.459 e. The van der Waals surface area contributed by atoms with Crippen LogP contribution < -0.4 is 4.90 Å². The quantitative estimate of drug-likeness (QED) is 0.677.